The third-order valence-corrected chi connectivity index (χ3v) is 2.91. The van der Waals surface area contributed by atoms with Gasteiger partial charge in [-0.05, 0) is 26.2 Å². The molecule has 1 heterocycles. The van der Waals surface area contributed by atoms with E-state index in [0.717, 1.165) is 13.2 Å². The fourth-order valence-corrected chi connectivity index (χ4v) is 2.34. The van der Waals surface area contributed by atoms with E-state index in [2.05, 4.69) is 4.90 Å². The second kappa shape index (κ2) is 3.05. The standard InChI is InChI=1S/C9H16N2O/c1-7(10)11-5-6-12-9-4-2-3-8(9)11/h8-10H,2-6H2,1H3. The maximum atomic E-state index is 7.61. The molecule has 0 spiro atoms. The highest BCUT2D eigenvalue weighted by Gasteiger charge is 2.35. The van der Waals surface area contributed by atoms with Crippen molar-refractivity contribution in [2.24, 2.45) is 0 Å². The SMILES string of the molecule is CC(=N)N1CCOC2CCCC21. The summed E-state index contributed by atoms with van der Waals surface area (Å²) in [5, 5.41) is 7.61. The minimum Gasteiger partial charge on any atom is -0.374 e. The lowest BCUT2D eigenvalue weighted by atomic mass is 10.1. The smallest absolute Gasteiger partial charge is 0.0930 e. The maximum absolute atomic E-state index is 7.61. The molecular weight excluding hydrogens is 152 g/mol. The predicted molar refractivity (Wildman–Crippen MR) is 47.5 cm³/mol. The molecule has 0 radical (unpaired) electrons. The van der Waals surface area contributed by atoms with Crippen molar-refractivity contribution in [3.8, 4) is 0 Å². The van der Waals surface area contributed by atoms with Gasteiger partial charge in [0.25, 0.3) is 0 Å². The number of ether oxygens (including phenoxy) is 1. The van der Waals surface area contributed by atoms with Crippen LogP contribution in [0, 0.1) is 5.41 Å². The minimum atomic E-state index is 0.416. The first-order valence-corrected chi connectivity index (χ1v) is 4.72. The van der Waals surface area contributed by atoms with Gasteiger partial charge in [0.15, 0.2) is 0 Å². The summed E-state index contributed by atoms with van der Waals surface area (Å²) in [6.07, 6.45) is 4.08. The zero-order valence-electron chi connectivity index (χ0n) is 7.55. The van der Waals surface area contributed by atoms with E-state index in [-0.39, 0.29) is 0 Å². The first-order valence-electron chi connectivity index (χ1n) is 4.72. The molecule has 1 N–H and O–H groups in total. The Labute approximate surface area is 73.2 Å². The van der Waals surface area contributed by atoms with Crippen molar-refractivity contribution < 1.29 is 4.74 Å². The van der Waals surface area contributed by atoms with Gasteiger partial charge in [-0.15, -0.1) is 0 Å². The number of hydrogen-bond donors (Lipinski definition) is 1. The lowest BCUT2D eigenvalue weighted by Gasteiger charge is -2.38. The van der Waals surface area contributed by atoms with Crippen molar-refractivity contribution in [2.75, 3.05) is 13.2 Å². The molecule has 3 nitrogen and oxygen atoms in total. The quantitative estimate of drug-likeness (QED) is 0.436. The number of nitrogens with one attached hydrogen (secondary N) is 1. The number of amidine groups is 1. The molecule has 1 saturated heterocycles. The van der Waals surface area contributed by atoms with Gasteiger partial charge in [-0.25, -0.2) is 0 Å². The fraction of sp³-hybridized carbons (Fsp3) is 0.889. The van der Waals surface area contributed by atoms with E-state index in [1.165, 1.54) is 19.3 Å². The Morgan fingerprint density at radius 3 is 3.08 bits per heavy atom. The average Bonchev–Trinajstić information content (AvgIpc) is 2.49. The Hall–Kier alpha value is -0.570. The summed E-state index contributed by atoms with van der Waals surface area (Å²) in [6, 6.07) is 0.510. The molecule has 2 unspecified atom stereocenters. The first kappa shape index (κ1) is 8.05. The number of nitrogens with zero attached hydrogens (tertiary/aromatic N) is 1. The monoisotopic (exact) mass is 168 g/mol. The van der Waals surface area contributed by atoms with Crippen molar-refractivity contribution in [1.82, 2.24) is 4.90 Å². The Kier molecular flexibility index (Phi) is 2.05. The molecule has 1 saturated carbocycles. The summed E-state index contributed by atoms with van der Waals surface area (Å²) < 4.78 is 5.64. The third kappa shape index (κ3) is 1.22. The Morgan fingerprint density at radius 2 is 2.33 bits per heavy atom. The van der Waals surface area contributed by atoms with Crippen LogP contribution < -0.4 is 0 Å². The molecule has 2 aliphatic rings. The lowest BCUT2D eigenvalue weighted by molar-refractivity contribution is -0.0297. The van der Waals surface area contributed by atoms with Gasteiger partial charge in [0.2, 0.25) is 0 Å². The summed E-state index contributed by atoms with van der Waals surface area (Å²) >= 11 is 0. The molecule has 1 aliphatic heterocycles. The van der Waals surface area contributed by atoms with E-state index in [9.17, 15) is 0 Å². The zero-order chi connectivity index (χ0) is 8.55. The molecule has 0 aromatic rings. The normalized spacial score (nSPS) is 34.9. The van der Waals surface area contributed by atoms with Crippen molar-refractivity contribution in [2.45, 2.75) is 38.3 Å². The van der Waals surface area contributed by atoms with Crippen LogP contribution >= 0.6 is 0 Å². The molecule has 12 heavy (non-hydrogen) atoms. The van der Waals surface area contributed by atoms with Crippen LogP contribution in [0.4, 0.5) is 0 Å². The molecule has 0 bridgehead atoms. The molecule has 1 aliphatic carbocycles. The van der Waals surface area contributed by atoms with E-state index in [1.54, 1.807) is 0 Å². The summed E-state index contributed by atoms with van der Waals surface area (Å²) in [4.78, 5) is 2.20. The second-order valence-corrected chi connectivity index (χ2v) is 3.69. The highest BCUT2D eigenvalue weighted by molar-refractivity contribution is 5.76. The summed E-state index contributed by atoms with van der Waals surface area (Å²) in [7, 11) is 0. The first-order chi connectivity index (χ1) is 5.79. The number of rotatable bonds is 0. The van der Waals surface area contributed by atoms with Gasteiger partial charge in [-0.1, -0.05) is 0 Å². The molecular formula is C9H16N2O. The Bertz CT molecular complexity index is 193. The predicted octanol–water partition coefficient (Wildman–Crippen LogP) is 1.24. The number of hydrogen-bond acceptors (Lipinski definition) is 2. The highest BCUT2D eigenvalue weighted by Crippen LogP contribution is 2.29. The van der Waals surface area contributed by atoms with E-state index in [4.69, 9.17) is 10.1 Å². The fourth-order valence-electron chi connectivity index (χ4n) is 2.34. The van der Waals surface area contributed by atoms with Crippen LogP contribution in [-0.4, -0.2) is 36.0 Å². The zero-order valence-corrected chi connectivity index (χ0v) is 7.55. The Morgan fingerprint density at radius 1 is 1.50 bits per heavy atom. The van der Waals surface area contributed by atoms with Crippen LogP contribution in [0.15, 0.2) is 0 Å². The third-order valence-electron chi connectivity index (χ3n) is 2.91. The highest BCUT2D eigenvalue weighted by atomic mass is 16.5. The van der Waals surface area contributed by atoms with Crippen LogP contribution in [0.5, 0.6) is 0 Å². The minimum absolute atomic E-state index is 0.416. The molecule has 3 heteroatoms. The maximum Gasteiger partial charge on any atom is 0.0930 e. The van der Waals surface area contributed by atoms with E-state index >= 15 is 0 Å². The molecule has 0 aromatic heterocycles. The average molecular weight is 168 g/mol. The topological polar surface area (TPSA) is 36.3 Å². The summed E-state index contributed by atoms with van der Waals surface area (Å²) in [6.45, 7) is 3.59. The van der Waals surface area contributed by atoms with Crippen molar-refractivity contribution in [3.05, 3.63) is 0 Å². The van der Waals surface area contributed by atoms with Gasteiger partial charge < -0.3 is 9.64 Å². The van der Waals surface area contributed by atoms with Gasteiger partial charge in [0.05, 0.1) is 24.6 Å². The van der Waals surface area contributed by atoms with E-state index < -0.39 is 0 Å². The molecule has 0 amide bonds. The van der Waals surface area contributed by atoms with Gasteiger partial charge in [-0.3, -0.25) is 5.41 Å². The molecule has 2 rings (SSSR count). The number of morpholine rings is 1. The van der Waals surface area contributed by atoms with E-state index in [0.29, 0.717) is 18.0 Å². The van der Waals surface area contributed by atoms with Gasteiger partial charge in [-0.2, -0.15) is 0 Å². The molecule has 0 aromatic carbocycles. The van der Waals surface area contributed by atoms with Crippen molar-refractivity contribution >= 4 is 5.84 Å². The van der Waals surface area contributed by atoms with Gasteiger partial charge in [0, 0.05) is 6.54 Å². The van der Waals surface area contributed by atoms with Crippen LogP contribution in [-0.2, 0) is 4.74 Å². The van der Waals surface area contributed by atoms with Crippen molar-refractivity contribution in [1.29, 1.82) is 5.41 Å². The van der Waals surface area contributed by atoms with Crippen LogP contribution in [0.1, 0.15) is 26.2 Å². The molecule has 2 fully saturated rings. The van der Waals surface area contributed by atoms with E-state index in [1.807, 2.05) is 6.92 Å². The summed E-state index contributed by atoms with van der Waals surface area (Å²) in [5.74, 6) is 0.704. The largest absolute Gasteiger partial charge is 0.374 e. The summed E-state index contributed by atoms with van der Waals surface area (Å²) in [5.41, 5.74) is 0. The number of fused-ring (bicyclic) bond motifs is 1. The van der Waals surface area contributed by atoms with Gasteiger partial charge >= 0.3 is 0 Å². The van der Waals surface area contributed by atoms with Gasteiger partial charge in [0.1, 0.15) is 0 Å². The molecule has 2 atom stereocenters. The van der Waals surface area contributed by atoms with Crippen LogP contribution in [0.2, 0.25) is 0 Å². The van der Waals surface area contributed by atoms with Crippen LogP contribution in [0.25, 0.3) is 0 Å². The molecule has 68 valence electrons. The van der Waals surface area contributed by atoms with Crippen LogP contribution in [0.3, 0.4) is 0 Å². The lowest BCUT2D eigenvalue weighted by Crippen LogP contribution is -2.50. The Balaban J connectivity index is 2.08. The van der Waals surface area contributed by atoms with Crippen molar-refractivity contribution in [3.63, 3.8) is 0 Å². The second-order valence-electron chi connectivity index (χ2n) is 3.69.